The van der Waals surface area contributed by atoms with E-state index < -0.39 is 0 Å². The number of carbonyl (C=O) groups is 1. The Kier molecular flexibility index (Phi) is 4.34. The zero-order valence-electron chi connectivity index (χ0n) is 3.81. The first-order valence-corrected chi connectivity index (χ1v) is 2.14. The molecule has 0 rings (SSSR count). The average molecular weight is 88.1 g/mol. The van der Waals surface area contributed by atoms with Gasteiger partial charge in [-0.3, -0.25) is 0 Å². The van der Waals surface area contributed by atoms with Crippen LogP contribution < -0.4 is 5.73 Å². The first-order valence-electron chi connectivity index (χ1n) is 2.14. The van der Waals surface area contributed by atoms with Crippen molar-refractivity contribution in [3.63, 3.8) is 0 Å². The van der Waals surface area contributed by atoms with Crippen LogP contribution >= 0.6 is 0 Å². The Labute approximate surface area is 37.3 Å². The molecule has 0 fully saturated rings. The molecule has 36 valence electrons. The van der Waals surface area contributed by atoms with Crippen molar-refractivity contribution >= 4 is 6.29 Å². The maximum absolute atomic E-state index is 9.54. The average Bonchev–Trinajstić information content (AvgIpc) is 1.61. The Balaban J connectivity index is 2.49. The summed E-state index contributed by atoms with van der Waals surface area (Å²) in [5.74, 6) is 0. The molecule has 0 aromatic rings. The lowest BCUT2D eigenvalue weighted by molar-refractivity contribution is -0.368. The highest BCUT2D eigenvalue weighted by Crippen LogP contribution is 1.73. The maximum atomic E-state index is 9.54. The minimum absolute atomic E-state index is 0.670. The highest BCUT2D eigenvalue weighted by Gasteiger charge is 1.77. The summed E-state index contributed by atoms with van der Waals surface area (Å²) >= 11 is 0. The SMILES string of the molecule is [NH3+]CCCC=O. The predicted molar refractivity (Wildman–Crippen MR) is 23.1 cm³/mol. The Morgan fingerprint density at radius 2 is 2.33 bits per heavy atom. The quantitative estimate of drug-likeness (QED) is 0.356. The van der Waals surface area contributed by atoms with E-state index in [1.54, 1.807) is 0 Å². The summed E-state index contributed by atoms with van der Waals surface area (Å²) in [6, 6.07) is 0. The summed E-state index contributed by atoms with van der Waals surface area (Å²) in [7, 11) is 0. The lowest BCUT2D eigenvalue weighted by Gasteiger charge is -1.77. The molecule has 0 saturated carbocycles. The van der Waals surface area contributed by atoms with Crippen LogP contribution in [0.1, 0.15) is 12.8 Å². The summed E-state index contributed by atoms with van der Waals surface area (Å²) in [5.41, 5.74) is 3.56. The molecule has 0 atom stereocenters. The second-order valence-corrected chi connectivity index (χ2v) is 1.16. The number of quaternary nitrogens is 1. The van der Waals surface area contributed by atoms with E-state index in [4.69, 9.17) is 0 Å². The monoisotopic (exact) mass is 88.1 g/mol. The van der Waals surface area contributed by atoms with Gasteiger partial charge in [-0.05, 0) is 0 Å². The van der Waals surface area contributed by atoms with Crippen molar-refractivity contribution in [2.75, 3.05) is 6.54 Å². The normalized spacial score (nSPS) is 8.17. The Bertz CT molecular complexity index is 36.5. The Morgan fingerprint density at radius 3 is 2.50 bits per heavy atom. The van der Waals surface area contributed by atoms with Crippen molar-refractivity contribution in [2.45, 2.75) is 12.8 Å². The van der Waals surface area contributed by atoms with Gasteiger partial charge >= 0.3 is 0 Å². The van der Waals surface area contributed by atoms with Crippen LogP contribution in [0.3, 0.4) is 0 Å². The van der Waals surface area contributed by atoms with E-state index in [1.165, 1.54) is 0 Å². The molecule has 0 aromatic carbocycles. The summed E-state index contributed by atoms with van der Waals surface area (Å²) in [6.07, 6.45) is 2.53. The molecular formula is C4H10NO+. The molecule has 0 bridgehead atoms. The fourth-order valence-electron chi connectivity index (χ4n) is 0.228. The van der Waals surface area contributed by atoms with Crippen molar-refractivity contribution < 1.29 is 10.5 Å². The number of hydrogen-bond acceptors (Lipinski definition) is 1. The topological polar surface area (TPSA) is 44.7 Å². The van der Waals surface area contributed by atoms with Crippen molar-refractivity contribution in [1.29, 1.82) is 0 Å². The third-order valence-corrected chi connectivity index (χ3v) is 0.572. The van der Waals surface area contributed by atoms with Gasteiger partial charge in [0.1, 0.15) is 6.29 Å². The molecule has 0 aliphatic carbocycles. The molecule has 0 unspecified atom stereocenters. The molecule has 6 heavy (non-hydrogen) atoms. The molecule has 2 nitrogen and oxygen atoms in total. The van der Waals surface area contributed by atoms with Gasteiger partial charge in [0.15, 0.2) is 0 Å². The summed E-state index contributed by atoms with van der Waals surface area (Å²) < 4.78 is 0. The van der Waals surface area contributed by atoms with Crippen molar-refractivity contribution in [1.82, 2.24) is 0 Å². The van der Waals surface area contributed by atoms with Crippen molar-refractivity contribution in [3.8, 4) is 0 Å². The third-order valence-electron chi connectivity index (χ3n) is 0.572. The first-order chi connectivity index (χ1) is 2.91. The van der Waals surface area contributed by atoms with Gasteiger partial charge in [0.25, 0.3) is 0 Å². The number of carbonyl (C=O) groups excluding carboxylic acids is 1. The van der Waals surface area contributed by atoms with Gasteiger partial charge in [0.2, 0.25) is 0 Å². The predicted octanol–water partition coefficient (Wildman–Crippen LogP) is -0.793. The maximum Gasteiger partial charge on any atom is 0.120 e. The number of rotatable bonds is 3. The van der Waals surface area contributed by atoms with E-state index in [2.05, 4.69) is 5.73 Å². The van der Waals surface area contributed by atoms with Crippen LogP contribution in [-0.4, -0.2) is 12.8 Å². The Morgan fingerprint density at radius 1 is 1.67 bits per heavy atom. The van der Waals surface area contributed by atoms with Gasteiger partial charge in [0.05, 0.1) is 6.54 Å². The first kappa shape index (κ1) is 5.63. The van der Waals surface area contributed by atoms with Crippen LogP contribution in [0.25, 0.3) is 0 Å². The second kappa shape index (κ2) is 4.63. The minimum atomic E-state index is 0.670. The number of aldehydes is 1. The van der Waals surface area contributed by atoms with E-state index in [0.29, 0.717) is 6.42 Å². The van der Waals surface area contributed by atoms with Gasteiger partial charge in [0, 0.05) is 12.8 Å². The van der Waals surface area contributed by atoms with E-state index >= 15 is 0 Å². The lowest BCUT2D eigenvalue weighted by Crippen LogP contribution is -2.50. The van der Waals surface area contributed by atoms with Crippen LogP contribution in [0, 0.1) is 0 Å². The molecule has 0 aliphatic heterocycles. The lowest BCUT2D eigenvalue weighted by atomic mass is 10.3. The Hall–Kier alpha value is -0.370. The molecule has 3 N–H and O–H groups in total. The van der Waals surface area contributed by atoms with E-state index in [0.717, 1.165) is 19.3 Å². The van der Waals surface area contributed by atoms with E-state index in [1.807, 2.05) is 0 Å². The van der Waals surface area contributed by atoms with Crippen molar-refractivity contribution in [2.24, 2.45) is 0 Å². The third kappa shape index (κ3) is 3.63. The van der Waals surface area contributed by atoms with Gasteiger partial charge in [-0.25, -0.2) is 0 Å². The summed E-state index contributed by atoms with van der Waals surface area (Å²) in [6.45, 7) is 0.874. The largest absolute Gasteiger partial charge is 0.358 e. The van der Waals surface area contributed by atoms with Gasteiger partial charge < -0.3 is 10.5 Å². The standard InChI is InChI=1S/C4H9NO/c5-3-1-2-4-6/h4H,1-3,5H2/p+1. The zero-order valence-corrected chi connectivity index (χ0v) is 3.81. The van der Waals surface area contributed by atoms with Gasteiger partial charge in [-0.15, -0.1) is 0 Å². The van der Waals surface area contributed by atoms with Gasteiger partial charge in [-0.1, -0.05) is 0 Å². The molecule has 0 amide bonds. The highest BCUT2D eigenvalue weighted by atomic mass is 16.1. The van der Waals surface area contributed by atoms with Crippen LogP contribution in [0.15, 0.2) is 0 Å². The summed E-state index contributed by atoms with van der Waals surface area (Å²) in [5, 5.41) is 0. The number of hydrogen-bond donors (Lipinski definition) is 1. The minimum Gasteiger partial charge on any atom is -0.358 e. The van der Waals surface area contributed by atoms with Crippen LogP contribution in [0.5, 0.6) is 0 Å². The van der Waals surface area contributed by atoms with Crippen LogP contribution in [-0.2, 0) is 4.79 Å². The molecule has 0 spiro atoms. The molecule has 0 aromatic heterocycles. The zero-order chi connectivity index (χ0) is 4.83. The fourth-order valence-corrected chi connectivity index (χ4v) is 0.228. The molecule has 0 heterocycles. The molecule has 0 aliphatic rings. The highest BCUT2D eigenvalue weighted by molar-refractivity contribution is 5.48. The molecule has 0 saturated heterocycles. The van der Waals surface area contributed by atoms with Crippen LogP contribution in [0.2, 0.25) is 0 Å². The smallest absolute Gasteiger partial charge is 0.120 e. The second-order valence-electron chi connectivity index (χ2n) is 1.16. The van der Waals surface area contributed by atoms with E-state index in [9.17, 15) is 4.79 Å². The molecule has 0 radical (unpaired) electrons. The number of unbranched alkanes of at least 4 members (excludes halogenated alkanes) is 1. The van der Waals surface area contributed by atoms with Gasteiger partial charge in [-0.2, -0.15) is 0 Å². The summed E-state index contributed by atoms with van der Waals surface area (Å²) in [4.78, 5) is 9.54. The fraction of sp³-hybridized carbons (Fsp3) is 0.750. The molecule has 2 heteroatoms. The van der Waals surface area contributed by atoms with Crippen LogP contribution in [0.4, 0.5) is 0 Å². The van der Waals surface area contributed by atoms with E-state index in [-0.39, 0.29) is 0 Å². The molecular weight excluding hydrogens is 78.0 g/mol. The van der Waals surface area contributed by atoms with Crippen molar-refractivity contribution in [3.05, 3.63) is 0 Å².